The number of amides is 2. The molecule has 50 heavy (non-hydrogen) atoms. The average molecular weight is 702 g/mol. The van der Waals surface area contributed by atoms with Crippen LogP contribution in [0.25, 0.3) is 22.2 Å². The zero-order valence-electron chi connectivity index (χ0n) is 29.8. The maximum atomic E-state index is 14.1. The van der Waals surface area contributed by atoms with Crippen molar-refractivity contribution in [2.45, 2.75) is 64.6 Å². The molecule has 1 aliphatic carbocycles. The third kappa shape index (κ3) is 7.70. The Morgan fingerprint density at radius 1 is 1.06 bits per heavy atom. The van der Waals surface area contributed by atoms with Crippen molar-refractivity contribution in [1.82, 2.24) is 20.6 Å². The SMILES string of the molecule is CC[C@H](C)[C@@H](Nc1ccc2c(cc1=O)[C@H](NC(C)=O)CCc1cc(OC)c(OC)c(OC)c1-2)C(=O)N[C@H](CCSC)c1nc2ccccc2[nH]1. The van der Waals surface area contributed by atoms with Crippen LogP contribution in [0.5, 0.6) is 17.2 Å². The van der Waals surface area contributed by atoms with E-state index in [1.807, 2.05) is 56.5 Å². The van der Waals surface area contributed by atoms with Gasteiger partial charge in [0.15, 0.2) is 11.5 Å². The number of rotatable bonds is 14. The van der Waals surface area contributed by atoms with E-state index in [0.29, 0.717) is 59.9 Å². The minimum Gasteiger partial charge on any atom is -0.493 e. The molecule has 0 aliphatic heterocycles. The van der Waals surface area contributed by atoms with Gasteiger partial charge in [-0.05, 0) is 84.2 Å². The van der Waals surface area contributed by atoms with E-state index in [1.54, 1.807) is 45.2 Å². The quantitative estimate of drug-likeness (QED) is 0.121. The van der Waals surface area contributed by atoms with Gasteiger partial charge in [0.05, 0.1) is 50.1 Å². The smallest absolute Gasteiger partial charge is 0.243 e. The van der Waals surface area contributed by atoms with Gasteiger partial charge in [0.1, 0.15) is 11.9 Å². The molecule has 3 aromatic carbocycles. The number of fused-ring (bicyclic) bond motifs is 4. The Bertz CT molecular complexity index is 1880. The predicted octanol–water partition coefficient (Wildman–Crippen LogP) is 6.18. The van der Waals surface area contributed by atoms with E-state index >= 15 is 0 Å². The highest BCUT2D eigenvalue weighted by molar-refractivity contribution is 7.98. The lowest BCUT2D eigenvalue weighted by molar-refractivity contribution is -0.123. The summed E-state index contributed by atoms with van der Waals surface area (Å²) in [6.07, 6.45) is 4.55. The number of thioether (sulfide) groups is 1. The van der Waals surface area contributed by atoms with E-state index in [0.717, 1.165) is 27.9 Å². The molecular weight excluding hydrogens is 655 g/mol. The van der Waals surface area contributed by atoms with Gasteiger partial charge in [0, 0.05) is 12.5 Å². The molecule has 0 bridgehead atoms. The average Bonchev–Trinajstić information content (AvgIpc) is 3.42. The van der Waals surface area contributed by atoms with Crippen LogP contribution in [0, 0.1) is 5.92 Å². The lowest BCUT2D eigenvalue weighted by atomic mass is 9.95. The number of hydrogen-bond acceptors (Lipinski definition) is 9. The topological polar surface area (TPSA) is 144 Å². The van der Waals surface area contributed by atoms with Crippen molar-refractivity contribution in [1.29, 1.82) is 0 Å². The lowest BCUT2D eigenvalue weighted by Crippen LogP contribution is -2.45. The molecule has 0 saturated heterocycles. The third-order valence-electron chi connectivity index (χ3n) is 9.39. The number of benzene rings is 2. The molecule has 11 nitrogen and oxygen atoms in total. The van der Waals surface area contributed by atoms with E-state index < -0.39 is 12.1 Å². The van der Waals surface area contributed by atoms with Gasteiger partial charge in [-0.3, -0.25) is 14.4 Å². The molecule has 2 amide bonds. The number of nitrogens with one attached hydrogen (secondary N) is 4. The minimum absolute atomic E-state index is 0.112. The van der Waals surface area contributed by atoms with Gasteiger partial charge in [-0.1, -0.05) is 38.5 Å². The van der Waals surface area contributed by atoms with E-state index in [4.69, 9.17) is 19.2 Å². The first-order valence-electron chi connectivity index (χ1n) is 16.9. The molecule has 0 spiro atoms. The van der Waals surface area contributed by atoms with Crippen LogP contribution >= 0.6 is 11.8 Å². The van der Waals surface area contributed by atoms with Gasteiger partial charge in [-0.25, -0.2) is 4.98 Å². The van der Waals surface area contributed by atoms with Gasteiger partial charge in [-0.15, -0.1) is 0 Å². The number of carbonyl (C=O) groups is 2. The summed E-state index contributed by atoms with van der Waals surface area (Å²) in [5, 5.41) is 9.60. The molecule has 4 atom stereocenters. The van der Waals surface area contributed by atoms with Crippen LogP contribution in [0.2, 0.25) is 0 Å². The summed E-state index contributed by atoms with van der Waals surface area (Å²) >= 11 is 1.70. The molecular formula is C38H47N5O6S. The van der Waals surface area contributed by atoms with Crippen LogP contribution in [-0.4, -0.2) is 61.2 Å². The monoisotopic (exact) mass is 701 g/mol. The highest BCUT2D eigenvalue weighted by Crippen LogP contribution is 2.50. The molecule has 0 radical (unpaired) electrons. The largest absolute Gasteiger partial charge is 0.493 e. The van der Waals surface area contributed by atoms with Gasteiger partial charge in [-0.2, -0.15) is 11.8 Å². The van der Waals surface area contributed by atoms with Crippen molar-refractivity contribution in [3.8, 4) is 28.4 Å². The van der Waals surface area contributed by atoms with E-state index in [1.165, 1.54) is 6.92 Å². The van der Waals surface area contributed by atoms with Crippen molar-refractivity contribution in [2.75, 3.05) is 38.7 Å². The Morgan fingerprint density at radius 3 is 2.48 bits per heavy atom. The normalized spacial score (nSPS) is 15.5. The maximum absolute atomic E-state index is 14.1. The number of aryl methyl sites for hydroxylation is 1. The Kier molecular flexibility index (Phi) is 11.9. The van der Waals surface area contributed by atoms with Crippen molar-refractivity contribution >= 4 is 40.3 Å². The molecule has 1 aromatic heterocycles. The first-order valence-corrected chi connectivity index (χ1v) is 18.3. The number of anilines is 1. The van der Waals surface area contributed by atoms with E-state index in [-0.39, 0.29) is 34.9 Å². The number of imidazole rings is 1. The molecule has 5 rings (SSSR count). The van der Waals surface area contributed by atoms with Crippen molar-refractivity contribution < 1.29 is 23.8 Å². The molecule has 266 valence electrons. The highest BCUT2D eigenvalue weighted by Gasteiger charge is 2.31. The molecule has 1 aliphatic rings. The maximum Gasteiger partial charge on any atom is 0.243 e. The fourth-order valence-electron chi connectivity index (χ4n) is 6.61. The fourth-order valence-corrected chi connectivity index (χ4v) is 7.08. The second-order valence-corrected chi connectivity index (χ2v) is 13.6. The van der Waals surface area contributed by atoms with E-state index in [2.05, 4.69) is 20.9 Å². The summed E-state index contributed by atoms with van der Waals surface area (Å²) in [4.78, 5) is 48.8. The van der Waals surface area contributed by atoms with Gasteiger partial charge >= 0.3 is 0 Å². The Hall–Kier alpha value is -4.71. The number of H-pyrrole nitrogens is 1. The third-order valence-corrected chi connectivity index (χ3v) is 10.0. The predicted molar refractivity (Wildman–Crippen MR) is 200 cm³/mol. The molecule has 12 heteroatoms. The zero-order valence-corrected chi connectivity index (χ0v) is 30.6. The van der Waals surface area contributed by atoms with Crippen LogP contribution in [-0.2, 0) is 16.0 Å². The van der Waals surface area contributed by atoms with Crippen molar-refractivity contribution in [3.63, 3.8) is 0 Å². The summed E-state index contributed by atoms with van der Waals surface area (Å²) in [5.74, 6) is 2.40. The Labute approximate surface area is 297 Å². The number of methoxy groups -OCH3 is 3. The number of ether oxygens (including phenoxy) is 3. The number of carbonyl (C=O) groups excluding carboxylic acids is 2. The number of aromatic nitrogens is 2. The minimum atomic E-state index is -0.714. The standard InChI is InChI=1S/C38H47N5O6S/c1-8-21(2)34(38(46)43-30(17-18-50-7)37-41-27-11-9-10-12-28(27)42-37)40-29-16-14-24-25(20-31(29)45)26(39-22(3)44)15-13-23-19-32(47-4)35(48-5)36(49-6)33(23)24/h9-12,14,16,19-21,26,30,34H,8,13,15,17-18H2,1-7H3,(H,39,44)(H,40,45)(H,41,42)(H,43,46)/t21-,26+,30+,34+/m0/s1. The van der Waals surface area contributed by atoms with Crippen molar-refractivity contribution in [2.24, 2.45) is 5.92 Å². The van der Waals surface area contributed by atoms with Gasteiger partial charge < -0.3 is 35.1 Å². The summed E-state index contributed by atoms with van der Waals surface area (Å²) in [7, 11) is 4.68. The van der Waals surface area contributed by atoms with Crippen LogP contribution in [0.4, 0.5) is 5.69 Å². The molecule has 1 heterocycles. The molecule has 0 fully saturated rings. The summed E-state index contributed by atoms with van der Waals surface area (Å²) in [6, 6.07) is 13.3. The van der Waals surface area contributed by atoms with Crippen LogP contribution in [0.3, 0.4) is 0 Å². The molecule has 0 unspecified atom stereocenters. The Morgan fingerprint density at radius 2 is 1.82 bits per heavy atom. The Balaban J connectivity index is 1.57. The number of aromatic amines is 1. The summed E-state index contributed by atoms with van der Waals surface area (Å²) < 4.78 is 17.3. The van der Waals surface area contributed by atoms with Gasteiger partial charge in [0.25, 0.3) is 0 Å². The lowest BCUT2D eigenvalue weighted by Gasteiger charge is -2.26. The molecule has 0 saturated carbocycles. The first kappa shape index (κ1) is 36.6. The van der Waals surface area contributed by atoms with Crippen molar-refractivity contribution in [3.05, 3.63) is 75.7 Å². The first-order chi connectivity index (χ1) is 24.1. The second-order valence-electron chi connectivity index (χ2n) is 12.6. The van der Waals surface area contributed by atoms with E-state index in [9.17, 15) is 14.4 Å². The second kappa shape index (κ2) is 16.3. The number of para-hydroxylation sites is 2. The molecule has 4 N–H and O–H groups in total. The highest BCUT2D eigenvalue weighted by atomic mass is 32.2. The number of nitrogens with zero attached hydrogens (tertiary/aromatic N) is 1. The number of hydrogen-bond donors (Lipinski definition) is 4. The fraction of sp³-hybridized carbons (Fsp3) is 0.421. The zero-order chi connectivity index (χ0) is 35.9. The summed E-state index contributed by atoms with van der Waals surface area (Å²) in [5.41, 5.74) is 4.75. The molecule has 4 aromatic rings. The van der Waals surface area contributed by atoms with Crippen LogP contribution in [0.1, 0.15) is 69.1 Å². The van der Waals surface area contributed by atoms with Gasteiger partial charge in [0.2, 0.25) is 23.0 Å². The van der Waals surface area contributed by atoms with Crippen LogP contribution < -0.4 is 35.6 Å². The summed E-state index contributed by atoms with van der Waals surface area (Å²) in [6.45, 7) is 5.47. The van der Waals surface area contributed by atoms with Crippen LogP contribution in [0.15, 0.2) is 53.3 Å².